The number of para-hydroxylation sites is 2. The minimum Gasteiger partial charge on any atom is -0.298 e. The number of carbonyl (C=O) groups excluding carboxylic acids is 1. The van der Waals surface area contributed by atoms with E-state index in [9.17, 15) is 4.79 Å². The number of nitriles is 1. The van der Waals surface area contributed by atoms with Gasteiger partial charge in [-0.2, -0.15) is 5.26 Å². The molecule has 1 heterocycles. The Kier molecular flexibility index (Phi) is 5.04. The Morgan fingerprint density at radius 2 is 1.83 bits per heavy atom. The van der Waals surface area contributed by atoms with E-state index >= 15 is 0 Å². The highest BCUT2D eigenvalue weighted by atomic mass is 32.2. The molecule has 1 aromatic heterocycles. The van der Waals surface area contributed by atoms with E-state index in [1.54, 1.807) is 0 Å². The number of aromatic nitrogens is 2. The van der Waals surface area contributed by atoms with Crippen molar-refractivity contribution >= 4 is 34.3 Å². The molecule has 6 heteroatoms. The van der Waals surface area contributed by atoms with Crippen molar-refractivity contribution in [2.45, 2.75) is 5.03 Å². The van der Waals surface area contributed by atoms with Crippen LogP contribution in [0.2, 0.25) is 0 Å². The lowest BCUT2D eigenvalue weighted by Crippen LogP contribution is -2.32. The van der Waals surface area contributed by atoms with Gasteiger partial charge in [0, 0.05) is 11.1 Å². The third-order valence-electron chi connectivity index (χ3n) is 3.44. The fourth-order valence-corrected chi connectivity index (χ4v) is 3.17. The van der Waals surface area contributed by atoms with Gasteiger partial charge in [0.2, 0.25) is 5.91 Å². The molecule has 3 aromatic rings. The van der Waals surface area contributed by atoms with E-state index in [-0.39, 0.29) is 18.2 Å². The van der Waals surface area contributed by atoms with Crippen molar-refractivity contribution in [2.75, 3.05) is 17.2 Å². The molecule has 0 N–H and O–H groups in total. The predicted octanol–water partition coefficient (Wildman–Crippen LogP) is 3.28. The van der Waals surface area contributed by atoms with E-state index in [1.165, 1.54) is 23.0 Å². The molecule has 0 radical (unpaired) electrons. The summed E-state index contributed by atoms with van der Waals surface area (Å²) >= 11 is 1.36. The summed E-state index contributed by atoms with van der Waals surface area (Å²) < 4.78 is 0. The highest BCUT2D eigenvalue weighted by Crippen LogP contribution is 2.25. The zero-order chi connectivity index (χ0) is 16.8. The molecule has 0 aliphatic carbocycles. The molecule has 0 unspecified atom stereocenters. The molecule has 0 spiro atoms. The van der Waals surface area contributed by atoms with Crippen LogP contribution in [0.5, 0.6) is 0 Å². The van der Waals surface area contributed by atoms with Crippen LogP contribution in [0, 0.1) is 11.3 Å². The molecule has 118 valence electrons. The first-order chi connectivity index (χ1) is 11.8. The monoisotopic (exact) mass is 334 g/mol. The fraction of sp³-hybridized carbons (Fsp3) is 0.111. The standard InChI is InChI=1S/C18H14N4OS/c19-10-11-22(14-6-2-1-3-7-14)17(23)12-24-18-15-8-4-5-9-16(15)20-13-21-18/h1-9,13H,11-12H2. The Bertz CT molecular complexity index is 887. The normalized spacial score (nSPS) is 10.3. The summed E-state index contributed by atoms with van der Waals surface area (Å²) in [5.74, 6) is 0.0767. The Morgan fingerprint density at radius 3 is 2.62 bits per heavy atom. The predicted molar refractivity (Wildman–Crippen MR) is 94.7 cm³/mol. The first kappa shape index (κ1) is 16.0. The molecule has 0 aliphatic rings. The minimum atomic E-state index is -0.129. The topological polar surface area (TPSA) is 69.9 Å². The lowest BCUT2D eigenvalue weighted by Gasteiger charge is -2.19. The summed E-state index contributed by atoms with van der Waals surface area (Å²) in [7, 11) is 0. The summed E-state index contributed by atoms with van der Waals surface area (Å²) in [6.45, 7) is 0.0218. The van der Waals surface area contributed by atoms with E-state index in [2.05, 4.69) is 9.97 Å². The van der Waals surface area contributed by atoms with Gasteiger partial charge in [0.05, 0.1) is 17.3 Å². The second-order valence-corrected chi connectivity index (χ2v) is 5.92. The summed E-state index contributed by atoms with van der Waals surface area (Å²) in [6, 6.07) is 18.9. The van der Waals surface area contributed by atoms with Gasteiger partial charge in [-0.3, -0.25) is 9.69 Å². The van der Waals surface area contributed by atoms with Crippen LogP contribution >= 0.6 is 11.8 Å². The number of benzene rings is 2. The third kappa shape index (κ3) is 3.53. The van der Waals surface area contributed by atoms with Crippen molar-refractivity contribution in [2.24, 2.45) is 0 Å². The van der Waals surface area contributed by atoms with Gasteiger partial charge in [0.25, 0.3) is 0 Å². The van der Waals surface area contributed by atoms with Crippen LogP contribution in [-0.4, -0.2) is 28.2 Å². The third-order valence-corrected chi connectivity index (χ3v) is 4.43. The highest BCUT2D eigenvalue weighted by Gasteiger charge is 2.16. The fourth-order valence-electron chi connectivity index (χ4n) is 2.31. The molecule has 0 aliphatic heterocycles. The quantitative estimate of drug-likeness (QED) is 0.407. The largest absolute Gasteiger partial charge is 0.298 e. The summed E-state index contributed by atoms with van der Waals surface area (Å²) in [5, 5.41) is 10.7. The summed E-state index contributed by atoms with van der Waals surface area (Å²) in [5.41, 5.74) is 1.57. The van der Waals surface area contributed by atoms with Gasteiger partial charge in [-0.05, 0) is 18.2 Å². The van der Waals surface area contributed by atoms with Crippen molar-refractivity contribution in [3.05, 3.63) is 60.9 Å². The number of nitrogens with zero attached hydrogens (tertiary/aromatic N) is 4. The maximum Gasteiger partial charge on any atom is 0.238 e. The molecule has 0 fully saturated rings. The maximum absolute atomic E-state index is 12.6. The average Bonchev–Trinajstić information content (AvgIpc) is 2.65. The number of amides is 1. The molecule has 2 aromatic carbocycles. The molecular formula is C18H14N4OS. The van der Waals surface area contributed by atoms with Gasteiger partial charge in [0.15, 0.2) is 0 Å². The van der Waals surface area contributed by atoms with E-state index in [1.807, 2.05) is 60.7 Å². The second-order valence-electron chi connectivity index (χ2n) is 4.96. The van der Waals surface area contributed by atoms with Gasteiger partial charge in [-0.25, -0.2) is 9.97 Å². The second kappa shape index (κ2) is 7.57. The molecule has 0 atom stereocenters. The first-order valence-corrected chi connectivity index (χ1v) is 8.33. The lowest BCUT2D eigenvalue weighted by atomic mass is 10.2. The SMILES string of the molecule is N#CCN(C(=O)CSc1ncnc2ccccc12)c1ccccc1. The highest BCUT2D eigenvalue weighted by molar-refractivity contribution is 8.00. The van der Waals surface area contributed by atoms with E-state index in [0.29, 0.717) is 0 Å². The zero-order valence-electron chi connectivity index (χ0n) is 12.8. The smallest absolute Gasteiger partial charge is 0.238 e. The number of anilines is 1. The van der Waals surface area contributed by atoms with Crippen LogP contribution in [0.3, 0.4) is 0 Å². The van der Waals surface area contributed by atoms with Crippen molar-refractivity contribution in [3.63, 3.8) is 0 Å². The van der Waals surface area contributed by atoms with Crippen molar-refractivity contribution in [1.82, 2.24) is 9.97 Å². The van der Waals surface area contributed by atoms with Crippen LogP contribution in [0.25, 0.3) is 10.9 Å². The Labute approximate surface area is 144 Å². The molecule has 1 amide bonds. The number of hydrogen-bond donors (Lipinski definition) is 0. The minimum absolute atomic E-state index is 0.0218. The van der Waals surface area contributed by atoms with Crippen LogP contribution in [0.1, 0.15) is 0 Å². The summed E-state index contributed by atoms with van der Waals surface area (Å²) in [4.78, 5) is 22.5. The van der Waals surface area contributed by atoms with Crippen LogP contribution in [-0.2, 0) is 4.79 Å². The number of rotatable bonds is 5. The molecular weight excluding hydrogens is 320 g/mol. The first-order valence-electron chi connectivity index (χ1n) is 7.34. The molecule has 0 saturated heterocycles. The molecule has 24 heavy (non-hydrogen) atoms. The number of fused-ring (bicyclic) bond motifs is 1. The molecule has 0 bridgehead atoms. The van der Waals surface area contributed by atoms with Gasteiger partial charge in [-0.1, -0.05) is 48.2 Å². The van der Waals surface area contributed by atoms with Gasteiger partial charge in [0.1, 0.15) is 17.9 Å². The average molecular weight is 334 g/mol. The number of carbonyl (C=O) groups is 1. The number of hydrogen-bond acceptors (Lipinski definition) is 5. The summed E-state index contributed by atoms with van der Waals surface area (Å²) in [6.07, 6.45) is 1.50. The van der Waals surface area contributed by atoms with Gasteiger partial charge in [-0.15, -0.1) is 0 Å². The Balaban J connectivity index is 1.77. The van der Waals surface area contributed by atoms with E-state index < -0.39 is 0 Å². The Morgan fingerprint density at radius 1 is 1.08 bits per heavy atom. The lowest BCUT2D eigenvalue weighted by molar-refractivity contribution is -0.116. The van der Waals surface area contributed by atoms with Crippen LogP contribution < -0.4 is 4.90 Å². The van der Waals surface area contributed by atoms with Crippen molar-refractivity contribution in [1.29, 1.82) is 5.26 Å². The molecule has 0 saturated carbocycles. The Hall–Kier alpha value is -2.91. The maximum atomic E-state index is 12.6. The van der Waals surface area contributed by atoms with Crippen LogP contribution in [0.15, 0.2) is 66.0 Å². The zero-order valence-corrected chi connectivity index (χ0v) is 13.6. The van der Waals surface area contributed by atoms with Crippen LogP contribution in [0.4, 0.5) is 5.69 Å². The van der Waals surface area contributed by atoms with Crippen molar-refractivity contribution < 1.29 is 4.79 Å². The number of thioether (sulfide) groups is 1. The van der Waals surface area contributed by atoms with E-state index in [0.717, 1.165) is 21.6 Å². The van der Waals surface area contributed by atoms with Crippen molar-refractivity contribution in [3.8, 4) is 6.07 Å². The molecule has 3 rings (SSSR count). The van der Waals surface area contributed by atoms with Gasteiger partial charge < -0.3 is 0 Å². The van der Waals surface area contributed by atoms with Gasteiger partial charge >= 0.3 is 0 Å². The van der Waals surface area contributed by atoms with E-state index in [4.69, 9.17) is 5.26 Å². The molecule has 5 nitrogen and oxygen atoms in total.